The molecule has 19 heavy (non-hydrogen) atoms. The average Bonchev–Trinajstić information content (AvgIpc) is 2.41. The molecule has 3 heteroatoms. The van der Waals surface area contributed by atoms with E-state index in [1.54, 1.807) is 0 Å². The quantitative estimate of drug-likeness (QED) is 0.909. The summed E-state index contributed by atoms with van der Waals surface area (Å²) in [4.78, 5) is 9.00. The number of hydrogen-bond donors (Lipinski definition) is 1. The Labute approximate surface area is 114 Å². The van der Waals surface area contributed by atoms with Gasteiger partial charge in [-0.2, -0.15) is 0 Å². The largest absolute Gasteiger partial charge is 0.383 e. The van der Waals surface area contributed by atoms with Gasteiger partial charge in [0.1, 0.15) is 5.82 Å². The van der Waals surface area contributed by atoms with Crippen LogP contribution in [0.15, 0.2) is 24.3 Å². The van der Waals surface area contributed by atoms with Crippen LogP contribution in [-0.2, 0) is 6.42 Å². The molecule has 0 radical (unpaired) electrons. The van der Waals surface area contributed by atoms with E-state index in [9.17, 15) is 0 Å². The molecule has 0 aliphatic rings. The number of aromatic nitrogens is 2. The minimum absolute atomic E-state index is 0.532. The van der Waals surface area contributed by atoms with Crippen LogP contribution in [0.25, 0.3) is 11.4 Å². The molecule has 3 nitrogen and oxygen atoms in total. The van der Waals surface area contributed by atoms with Gasteiger partial charge in [0.25, 0.3) is 0 Å². The second-order valence-corrected chi connectivity index (χ2v) is 5.13. The van der Waals surface area contributed by atoms with Crippen LogP contribution in [0.4, 0.5) is 5.82 Å². The zero-order chi connectivity index (χ0) is 14.0. The molecule has 100 valence electrons. The van der Waals surface area contributed by atoms with Gasteiger partial charge in [-0.25, -0.2) is 9.97 Å². The molecule has 2 N–H and O–H groups in total. The maximum absolute atomic E-state index is 5.96. The van der Waals surface area contributed by atoms with Crippen LogP contribution in [0.2, 0.25) is 0 Å². The fraction of sp³-hybridized carbons (Fsp3) is 0.375. The van der Waals surface area contributed by atoms with E-state index in [-0.39, 0.29) is 0 Å². The number of nitrogens with two attached hydrogens (primary N) is 1. The van der Waals surface area contributed by atoms with Gasteiger partial charge in [-0.1, -0.05) is 45.0 Å². The predicted octanol–water partition coefficient (Wildman–Crippen LogP) is 3.72. The second-order valence-electron chi connectivity index (χ2n) is 5.13. The first-order valence-electron chi connectivity index (χ1n) is 6.76. The van der Waals surface area contributed by atoms with Crippen molar-refractivity contribution < 1.29 is 0 Å². The minimum atomic E-state index is 0.532. The lowest BCUT2D eigenvalue weighted by atomic mass is 10.0. The van der Waals surface area contributed by atoms with E-state index in [4.69, 9.17) is 5.73 Å². The fourth-order valence-electron chi connectivity index (χ4n) is 2.07. The number of rotatable bonds is 3. The van der Waals surface area contributed by atoms with Crippen molar-refractivity contribution in [3.63, 3.8) is 0 Å². The molecule has 1 aromatic carbocycles. The smallest absolute Gasteiger partial charge is 0.161 e. The number of nitrogen functional groups attached to an aromatic ring is 1. The zero-order valence-corrected chi connectivity index (χ0v) is 12.1. The summed E-state index contributed by atoms with van der Waals surface area (Å²) in [6, 6.07) is 8.40. The van der Waals surface area contributed by atoms with Gasteiger partial charge in [-0.15, -0.1) is 0 Å². The molecule has 0 saturated heterocycles. The monoisotopic (exact) mass is 255 g/mol. The topological polar surface area (TPSA) is 51.8 Å². The van der Waals surface area contributed by atoms with Gasteiger partial charge in [-0.3, -0.25) is 0 Å². The van der Waals surface area contributed by atoms with Crippen LogP contribution in [-0.4, -0.2) is 9.97 Å². The third-order valence-electron chi connectivity index (χ3n) is 3.45. The van der Waals surface area contributed by atoms with Crippen molar-refractivity contribution in [1.82, 2.24) is 9.97 Å². The van der Waals surface area contributed by atoms with Gasteiger partial charge in [-0.05, 0) is 24.8 Å². The highest BCUT2D eigenvalue weighted by molar-refractivity contribution is 5.59. The van der Waals surface area contributed by atoms with Crippen LogP contribution in [0.5, 0.6) is 0 Å². The molecular weight excluding hydrogens is 234 g/mol. The summed E-state index contributed by atoms with van der Waals surface area (Å²) in [7, 11) is 0. The predicted molar refractivity (Wildman–Crippen MR) is 80.1 cm³/mol. The van der Waals surface area contributed by atoms with Crippen LogP contribution < -0.4 is 5.73 Å². The third-order valence-corrected chi connectivity index (χ3v) is 3.45. The molecule has 0 saturated carbocycles. The van der Waals surface area contributed by atoms with Gasteiger partial charge in [0.05, 0.1) is 0 Å². The van der Waals surface area contributed by atoms with E-state index in [1.807, 2.05) is 6.92 Å². The molecule has 1 heterocycles. The Kier molecular flexibility index (Phi) is 3.84. The summed E-state index contributed by atoms with van der Waals surface area (Å²) >= 11 is 0. The highest BCUT2D eigenvalue weighted by atomic mass is 15.0. The van der Waals surface area contributed by atoms with Crippen molar-refractivity contribution in [3.05, 3.63) is 41.1 Å². The standard InChI is InChI=1S/C16H21N3/c1-5-14-11(4)15(17)19-16(18-14)13-8-6-12(7-9-13)10(2)3/h6-10H,5H2,1-4H3,(H2,17,18,19). The van der Waals surface area contributed by atoms with Gasteiger partial charge in [0, 0.05) is 16.8 Å². The third kappa shape index (κ3) is 2.75. The minimum Gasteiger partial charge on any atom is -0.383 e. The summed E-state index contributed by atoms with van der Waals surface area (Å²) < 4.78 is 0. The van der Waals surface area contributed by atoms with E-state index < -0.39 is 0 Å². The molecule has 0 atom stereocenters. The molecule has 0 fully saturated rings. The first-order valence-corrected chi connectivity index (χ1v) is 6.76. The number of nitrogens with zero attached hydrogens (tertiary/aromatic N) is 2. The highest BCUT2D eigenvalue weighted by Gasteiger charge is 2.09. The van der Waals surface area contributed by atoms with Crippen molar-refractivity contribution in [1.29, 1.82) is 0 Å². The lowest BCUT2D eigenvalue weighted by Crippen LogP contribution is -2.04. The molecule has 0 spiro atoms. The molecule has 1 aromatic heterocycles. The van der Waals surface area contributed by atoms with E-state index >= 15 is 0 Å². The molecule has 0 bridgehead atoms. The molecule has 0 aliphatic carbocycles. The summed E-state index contributed by atoms with van der Waals surface area (Å²) in [6.07, 6.45) is 0.871. The maximum Gasteiger partial charge on any atom is 0.161 e. The summed E-state index contributed by atoms with van der Waals surface area (Å²) in [5.74, 6) is 1.83. The van der Waals surface area contributed by atoms with E-state index in [0.29, 0.717) is 11.7 Å². The molecule has 2 rings (SSSR count). The molecule has 0 aliphatic heterocycles. The first-order chi connectivity index (χ1) is 9.02. The first kappa shape index (κ1) is 13.5. The summed E-state index contributed by atoms with van der Waals surface area (Å²) in [5, 5.41) is 0. The van der Waals surface area contributed by atoms with Crippen molar-refractivity contribution >= 4 is 5.82 Å². The van der Waals surface area contributed by atoms with Gasteiger partial charge in [0.15, 0.2) is 5.82 Å². The normalized spacial score (nSPS) is 11.0. The SMILES string of the molecule is CCc1nc(-c2ccc(C(C)C)cc2)nc(N)c1C. The Morgan fingerprint density at radius 2 is 1.74 bits per heavy atom. The molecule has 0 unspecified atom stereocenters. The van der Waals surface area contributed by atoms with Gasteiger partial charge >= 0.3 is 0 Å². The highest BCUT2D eigenvalue weighted by Crippen LogP contribution is 2.23. The van der Waals surface area contributed by atoms with E-state index in [1.165, 1.54) is 5.56 Å². The Morgan fingerprint density at radius 3 is 2.26 bits per heavy atom. The molecule has 2 aromatic rings. The lowest BCUT2D eigenvalue weighted by molar-refractivity contribution is 0.866. The van der Waals surface area contributed by atoms with Crippen molar-refractivity contribution in [2.75, 3.05) is 5.73 Å². The Hall–Kier alpha value is -1.90. The summed E-state index contributed by atoms with van der Waals surface area (Å²) in [5.41, 5.74) is 10.3. The Balaban J connectivity index is 2.44. The average molecular weight is 255 g/mol. The number of aryl methyl sites for hydroxylation is 1. The van der Waals surface area contributed by atoms with Crippen LogP contribution in [0.3, 0.4) is 0 Å². The fourth-order valence-corrected chi connectivity index (χ4v) is 2.07. The second kappa shape index (κ2) is 5.39. The Bertz CT molecular complexity index is 571. The van der Waals surface area contributed by atoms with E-state index in [2.05, 4.69) is 55.0 Å². The lowest BCUT2D eigenvalue weighted by Gasteiger charge is -2.10. The van der Waals surface area contributed by atoms with Gasteiger partial charge < -0.3 is 5.73 Å². The summed E-state index contributed by atoms with van der Waals surface area (Å²) in [6.45, 7) is 8.43. The number of benzene rings is 1. The van der Waals surface area contributed by atoms with Crippen molar-refractivity contribution in [2.45, 2.75) is 40.0 Å². The number of anilines is 1. The zero-order valence-electron chi connectivity index (χ0n) is 12.1. The number of hydrogen-bond acceptors (Lipinski definition) is 3. The van der Waals surface area contributed by atoms with E-state index in [0.717, 1.165) is 29.1 Å². The van der Waals surface area contributed by atoms with Crippen LogP contribution in [0, 0.1) is 6.92 Å². The molecular formula is C16H21N3. The van der Waals surface area contributed by atoms with Crippen molar-refractivity contribution in [3.8, 4) is 11.4 Å². The Morgan fingerprint density at radius 1 is 1.11 bits per heavy atom. The maximum atomic E-state index is 5.96. The van der Waals surface area contributed by atoms with Crippen LogP contribution in [0.1, 0.15) is 43.5 Å². The molecule has 0 amide bonds. The van der Waals surface area contributed by atoms with Crippen LogP contribution >= 0.6 is 0 Å². The van der Waals surface area contributed by atoms with Gasteiger partial charge in [0.2, 0.25) is 0 Å². The van der Waals surface area contributed by atoms with Crippen molar-refractivity contribution in [2.24, 2.45) is 0 Å².